The number of anilines is 3. The Labute approximate surface area is 329 Å². The molecule has 10 rings (SSSR count). The molecule has 0 saturated heterocycles. The lowest BCUT2D eigenvalue weighted by Gasteiger charge is -2.33. The van der Waals surface area contributed by atoms with Crippen LogP contribution in [0.15, 0.2) is 212 Å². The molecule has 0 bridgehead atoms. The molecule has 1 aliphatic rings. The summed E-state index contributed by atoms with van der Waals surface area (Å²) < 4.78 is 0. The van der Waals surface area contributed by atoms with Crippen molar-refractivity contribution >= 4 is 27.8 Å². The number of fused-ring (bicyclic) bond motifs is 4. The van der Waals surface area contributed by atoms with Gasteiger partial charge in [-0.1, -0.05) is 190 Å². The van der Waals surface area contributed by atoms with Gasteiger partial charge in [0.25, 0.3) is 0 Å². The Bertz CT molecular complexity index is 2790. The second-order valence-corrected chi connectivity index (χ2v) is 15.3. The Balaban J connectivity index is 1.31. The first-order chi connectivity index (χ1) is 27.5. The minimum Gasteiger partial charge on any atom is -0.309 e. The van der Waals surface area contributed by atoms with Crippen molar-refractivity contribution < 1.29 is 0 Å². The molecule has 1 heteroatoms. The first kappa shape index (κ1) is 33.6. The summed E-state index contributed by atoms with van der Waals surface area (Å²) in [6.07, 6.45) is 0. The molecule has 1 aliphatic carbocycles. The Morgan fingerprint density at radius 2 is 0.857 bits per heavy atom. The molecule has 9 aromatic rings. The zero-order valence-electron chi connectivity index (χ0n) is 31.7. The highest BCUT2D eigenvalue weighted by molar-refractivity contribution is 6.04. The fourth-order valence-electron chi connectivity index (χ4n) is 8.83. The van der Waals surface area contributed by atoms with Gasteiger partial charge in [0.2, 0.25) is 0 Å². The zero-order valence-corrected chi connectivity index (χ0v) is 31.7. The molecule has 56 heavy (non-hydrogen) atoms. The van der Waals surface area contributed by atoms with Gasteiger partial charge in [-0.3, -0.25) is 0 Å². The predicted molar refractivity (Wildman–Crippen MR) is 238 cm³/mol. The van der Waals surface area contributed by atoms with Gasteiger partial charge < -0.3 is 4.90 Å². The Hall–Kier alpha value is -6.96. The van der Waals surface area contributed by atoms with Crippen LogP contribution in [0.4, 0.5) is 17.1 Å². The molecule has 0 fully saturated rings. The third kappa shape index (κ3) is 5.72. The van der Waals surface area contributed by atoms with E-state index in [1.807, 2.05) is 0 Å². The minimum atomic E-state index is -0.144. The van der Waals surface area contributed by atoms with Crippen LogP contribution in [0.3, 0.4) is 0 Å². The van der Waals surface area contributed by atoms with Crippen LogP contribution >= 0.6 is 0 Å². The minimum absolute atomic E-state index is 0.144. The van der Waals surface area contributed by atoms with Crippen LogP contribution in [0, 0.1) is 0 Å². The van der Waals surface area contributed by atoms with Gasteiger partial charge in [0, 0.05) is 27.8 Å². The predicted octanol–water partition coefficient (Wildman–Crippen LogP) is 15.3. The van der Waals surface area contributed by atoms with Crippen molar-refractivity contribution in [1.29, 1.82) is 0 Å². The Morgan fingerprint density at radius 1 is 0.339 bits per heavy atom. The van der Waals surface area contributed by atoms with Crippen molar-refractivity contribution in [2.24, 2.45) is 0 Å². The second kappa shape index (κ2) is 13.7. The van der Waals surface area contributed by atoms with Gasteiger partial charge in [0.15, 0.2) is 0 Å². The molecule has 0 saturated carbocycles. The van der Waals surface area contributed by atoms with E-state index >= 15 is 0 Å². The van der Waals surface area contributed by atoms with Crippen molar-refractivity contribution in [3.05, 3.63) is 223 Å². The summed E-state index contributed by atoms with van der Waals surface area (Å²) in [6, 6.07) is 77.8. The van der Waals surface area contributed by atoms with Gasteiger partial charge >= 0.3 is 0 Å². The number of hydrogen-bond acceptors (Lipinski definition) is 1. The maximum absolute atomic E-state index is 2.54. The van der Waals surface area contributed by atoms with Crippen LogP contribution in [0.25, 0.3) is 66.4 Å². The summed E-state index contributed by atoms with van der Waals surface area (Å²) in [7, 11) is 0. The van der Waals surface area contributed by atoms with Crippen molar-refractivity contribution in [1.82, 2.24) is 0 Å². The third-order valence-corrected chi connectivity index (χ3v) is 11.6. The van der Waals surface area contributed by atoms with E-state index in [0.29, 0.717) is 0 Å². The van der Waals surface area contributed by atoms with E-state index in [-0.39, 0.29) is 5.41 Å². The molecule has 0 spiro atoms. The third-order valence-electron chi connectivity index (χ3n) is 11.6. The molecule has 266 valence electrons. The number of nitrogens with zero attached hydrogens (tertiary/aromatic N) is 1. The fourth-order valence-corrected chi connectivity index (χ4v) is 8.83. The van der Waals surface area contributed by atoms with Crippen LogP contribution < -0.4 is 4.90 Å². The number of benzene rings is 9. The molecule has 0 aromatic heterocycles. The standard InChI is InChI=1S/C55H41N/c1-55(2)50-26-15-14-25-47(50)53-51(55)27-16-28-52(53)56(46-33-31-40(32-34-46)38-17-6-3-7-18-38)54-48(41-20-8-4-9-21-41)36-45(37-49(54)42-22-10-5-11-23-42)44-30-29-39-19-12-13-24-43(39)35-44/h3-37H,1-2H3. The molecular weight excluding hydrogens is 675 g/mol. The van der Waals surface area contributed by atoms with Crippen molar-refractivity contribution in [2.75, 3.05) is 4.90 Å². The highest BCUT2D eigenvalue weighted by atomic mass is 15.2. The lowest BCUT2D eigenvalue weighted by molar-refractivity contribution is 0.660. The van der Waals surface area contributed by atoms with Crippen LogP contribution in [-0.2, 0) is 5.41 Å². The smallest absolute Gasteiger partial charge is 0.0619 e. The van der Waals surface area contributed by atoms with E-state index in [1.165, 1.54) is 83.2 Å². The first-order valence-corrected chi connectivity index (χ1v) is 19.5. The second-order valence-electron chi connectivity index (χ2n) is 15.3. The highest BCUT2D eigenvalue weighted by Crippen LogP contribution is 2.56. The average molecular weight is 716 g/mol. The van der Waals surface area contributed by atoms with Crippen LogP contribution in [0.2, 0.25) is 0 Å². The zero-order chi connectivity index (χ0) is 37.6. The summed E-state index contributed by atoms with van der Waals surface area (Å²) in [5, 5.41) is 2.48. The molecule has 1 nitrogen and oxygen atoms in total. The first-order valence-electron chi connectivity index (χ1n) is 19.5. The largest absolute Gasteiger partial charge is 0.309 e. The topological polar surface area (TPSA) is 3.24 Å². The average Bonchev–Trinajstić information content (AvgIpc) is 3.51. The SMILES string of the molecule is CC1(C)c2ccccc2-c2c(N(c3ccc(-c4ccccc4)cc3)c3c(-c4ccccc4)cc(-c4ccc5ccccc5c4)cc3-c3ccccc3)cccc21. The van der Waals surface area contributed by atoms with Crippen LogP contribution in [0.1, 0.15) is 25.0 Å². The lowest BCUT2D eigenvalue weighted by atomic mass is 9.82. The van der Waals surface area contributed by atoms with Crippen LogP contribution in [-0.4, -0.2) is 0 Å². The monoisotopic (exact) mass is 715 g/mol. The summed E-state index contributed by atoms with van der Waals surface area (Å²) in [4.78, 5) is 2.54. The highest BCUT2D eigenvalue weighted by Gasteiger charge is 2.38. The summed E-state index contributed by atoms with van der Waals surface area (Å²) in [5.74, 6) is 0. The Kier molecular flexibility index (Phi) is 8.23. The van der Waals surface area contributed by atoms with Gasteiger partial charge in [0.05, 0.1) is 11.4 Å². The van der Waals surface area contributed by atoms with E-state index in [1.54, 1.807) is 0 Å². The molecule has 0 heterocycles. The summed E-state index contributed by atoms with van der Waals surface area (Å²) in [5.41, 5.74) is 18.0. The molecule has 0 aliphatic heterocycles. The molecular formula is C55H41N. The van der Waals surface area contributed by atoms with Gasteiger partial charge in [-0.2, -0.15) is 0 Å². The van der Waals surface area contributed by atoms with E-state index in [0.717, 1.165) is 11.4 Å². The van der Waals surface area contributed by atoms with Crippen molar-refractivity contribution in [2.45, 2.75) is 19.3 Å². The quantitative estimate of drug-likeness (QED) is 0.159. The van der Waals surface area contributed by atoms with Crippen LogP contribution in [0.5, 0.6) is 0 Å². The number of rotatable bonds is 7. The fraction of sp³-hybridized carbons (Fsp3) is 0.0545. The lowest BCUT2D eigenvalue weighted by Crippen LogP contribution is -2.16. The maximum Gasteiger partial charge on any atom is 0.0619 e. The van der Waals surface area contributed by atoms with Gasteiger partial charge in [-0.05, 0) is 97.2 Å². The van der Waals surface area contributed by atoms with Gasteiger partial charge in [0.1, 0.15) is 0 Å². The van der Waals surface area contributed by atoms with Gasteiger partial charge in [-0.25, -0.2) is 0 Å². The molecule has 0 N–H and O–H groups in total. The van der Waals surface area contributed by atoms with E-state index in [4.69, 9.17) is 0 Å². The summed E-state index contributed by atoms with van der Waals surface area (Å²) >= 11 is 0. The maximum atomic E-state index is 2.54. The van der Waals surface area contributed by atoms with E-state index < -0.39 is 0 Å². The van der Waals surface area contributed by atoms with Crippen molar-refractivity contribution in [3.63, 3.8) is 0 Å². The normalized spacial score (nSPS) is 12.6. The van der Waals surface area contributed by atoms with Crippen molar-refractivity contribution in [3.8, 4) is 55.6 Å². The molecule has 9 aromatic carbocycles. The summed E-state index contributed by atoms with van der Waals surface area (Å²) in [6.45, 7) is 4.73. The Morgan fingerprint density at radius 3 is 1.52 bits per heavy atom. The van der Waals surface area contributed by atoms with Gasteiger partial charge in [-0.15, -0.1) is 0 Å². The molecule has 0 unspecified atom stereocenters. The molecule has 0 radical (unpaired) electrons. The van der Waals surface area contributed by atoms with E-state index in [2.05, 4.69) is 231 Å². The molecule has 0 amide bonds. The molecule has 0 atom stereocenters. The van der Waals surface area contributed by atoms with E-state index in [9.17, 15) is 0 Å². The number of hydrogen-bond donors (Lipinski definition) is 0.